The molecule has 0 aliphatic heterocycles. The molecule has 2 fully saturated rings. The van der Waals surface area contributed by atoms with Crippen LogP contribution in [0.25, 0.3) is 0 Å². The molecule has 260 valence electrons. The normalized spacial score (nSPS) is 21.1. The molecule has 2 saturated carbocycles. The summed E-state index contributed by atoms with van der Waals surface area (Å²) in [6, 6.07) is 2.91. The number of rotatable bonds is 11. The summed E-state index contributed by atoms with van der Waals surface area (Å²) in [4.78, 5) is 0. The molecular formula is C29H54N6O7S3. The summed E-state index contributed by atoms with van der Waals surface area (Å²) >= 11 is 0. The second-order valence-corrected chi connectivity index (χ2v) is 18.8. The molecule has 0 aromatic carbocycles. The molecule has 5 N–H and O–H groups in total. The molecule has 2 aromatic rings. The molecule has 2 aliphatic carbocycles. The van der Waals surface area contributed by atoms with Crippen molar-refractivity contribution in [3.63, 3.8) is 0 Å². The van der Waals surface area contributed by atoms with Crippen LogP contribution in [-0.4, -0.2) is 58.1 Å². The second kappa shape index (κ2) is 15.8. The molecule has 2 aliphatic rings. The maximum Gasteiger partial charge on any atom is 0.264 e. The third kappa shape index (κ3) is 15.1. The standard InChI is InChI=1S/C14H25N3O2S.C11H22O3S.C4H7N3O2S/c1-11-9-13(20(15,18)19)16-17(11)8-4-5-12-6-7-14(2,3)10-12;1-11(2)7-6-10(9-11)5-4-8-14-15(3,12)13;1-3-2-4(7-6-3)10(5,8)9/h9,12H,4-8,10H2,1-3H3,(H2,15,18,19);10H,4-9H2,1-3H3;2H,1H3,(H,6,7)(H2,5,8,9). The van der Waals surface area contributed by atoms with Gasteiger partial charge in [-0.25, -0.2) is 27.1 Å². The lowest BCUT2D eigenvalue weighted by Gasteiger charge is -2.17. The van der Waals surface area contributed by atoms with Gasteiger partial charge in [-0.2, -0.15) is 18.6 Å². The van der Waals surface area contributed by atoms with Gasteiger partial charge in [0.15, 0.2) is 10.1 Å². The van der Waals surface area contributed by atoms with E-state index in [1.807, 2.05) is 6.92 Å². The van der Waals surface area contributed by atoms with Gasteiger partial charge in [-0.05, 0) is 113 Å². The van der Waals surface area contributed by atoms with E-state index in [0.717, 1.165) is 49.6 Å². The van der Waals surface area contributed by atoms with Crippen LogP contribution in [0.1, 0.15) is 103 Å². The highest BCUT2D eigenvalue weighted by atomic mass is 32.2. The Morgan fingerprint density at radius 2 is 1.38 bits per heavy atom. The van der Waals surface area contributed by atoms with Gasteiger partial charge in [0.1, 0.15) is 0 Å². The van der Waals surface area contributed by atoms with Gasteiger partial charge in [-0.15, -0.1) is 0 Å². The zero-order valence-corrected chi connectivity index (χ0v) is 30.3. The van der Waals surface area contributed by atoms with E-state index in [4.69, 9.17) is 14.5 Å². The molecular weight excluding hydrogens is 641 g/mol. The van der Waals surface area contributed by atoms with Gasteiger partial charge >= 0.3 is 0 Å². The van der Waals surface area contributed by atoms with Gasteiger partial charge < -0.3 is 0 Å². The molecule has 2 atom stereocenters. The lowest BCUT2D eigenvalue weighted by Crippen LogP contribution is -2.13. The first-order valence-electron chi connectivity index (χ1n) is 15.4. The van der Waals surface area contributed by atoms with Crippen LogP contribution in [0.2, 0.25) is 0 Å². The number of aromatic amines is 1. The number of hydrogen-bond acceptors (Lipinski definition) is 9. The van der Waals surface area contributed by atoms with E-state index in [9.17, 15) is 25.3 Å². The predicted octanol–water partition coefficient (Wildman–Crippen LogP) is 4.38. The van der Waals surface area contributed by atoms with Gasteiger partial charge in [0, 0.05) is 17.9 Å². The zero-order valence-electron chi connectivity index (χ0n) is 27.9. The third-order valence-corrected chi connectivity index (χ3v) is 10.6. The van der Waals surface area contributed by atoms with E-state index in [0.29, 0.717) is 23.1 Å². The van der Waals surface area contributed by atoms with Crippen molar-refractivity contribution >= 4 is 30.2 Å². The van der Waals surface area contributed by atoms with Crippen LogP contribution in [0.3, 0.4) is 0 Å². The number of hydrogen-bond donors (Lipinski definition) is 3. The highest BCUT2D eigenvalue weighted by Gasteiger charge is 2.31. The van der Waals surface area contributed by atoms with Crippen LogP contribution < -0.4 is 10.3 Å². The van der Waals surface area contributed by atoms with E-state index in [2.05, 4.69) is 43.0 Å². The number of primary sulfonamides is 2. The van der Waals surface area contributed by atoms with Gasteiger partial charge in [-0.3, -0.25) is 14.0 Å². The third-order valence-electron chi connectivity index (χ3n) is 8.40. The van der Waals surface area contributed by atoms with Crippen molar-refractivity contribution in [1.29, 1.82) is 0 Å². The summed E-state index contributed by atoms with van der Waals surface area (Å²) in [6.07, 6.45) is 13.1. The van der Waals surface area contributed by atoms with Crippen molar-refractivity contribution in [2.24, 2.45) is 32.9 Å². The Hall–Kier alpha value is -1.85. The first-order chi connectivity index (χ1) is 20.5. The van der Waals surface area contributed by atoms with E-state index >= 15 is 0 Å². The minimum atomic E-state index is -3.69. The van der Waals surface area contributed by atoms with Crippen molar-refractivity contribution < 1.29 is 29.4 Å². The summed E-state index contributed by atoms with van der Waals surface area (Å²) in [5.74, 6) is 1.57. The highest BCUT2D eigenvalue weighted by Crippen LogP contribution is 2.43. The summed E-state index contributed by atoms with van der Waals surface area (Å²) < 4.78 is 71.5. The van der Waals surface area contributed by atoms with Gasteiger partial charge in [0.2, 0.25) is 0 Å². The lowest BCUT2D eigenvalue weighted by molar-refractivity contribution is 0.290. The maximum absolute atomic E-state index is 11.3. The van der Waals surface area contributed by atoms with Crippen LogP contribution >= 0.6 is 0 Å². The van der Waals surface area contributed by atoms with E-state index in [-0.39, 0.29) is 10.1 Å². The van der Waals surface area contributed by atoms with Crippen LogP contribution in [0.4, 0.5) is 0 Å². The number of aryl methyl sites for hydroxylation is 3. The number of nitrogens with two attached hydrogens (primary N) is 2. The van der Waals surface area contributed by atoms with Crippen molar-refractivity contribution in [3.05, 3.63) is 23.5 Å². The number of aromatic nitrogens is 4. The Balaban J connectivity index is 0.000000249. The average molecular weight is 695 g/mol. The molecule has 0 bridgehead atoms. The first-order valence-corrected chi connectivity index (χ1v) is 20.3. The average Bonchev–Trinajstić information content (AvgIpc) is 3.64. The van der Waals surface area contributed by atoms with Crippen molar-refractivity contribution in [3.8, 4) is 0 Å². The minimum Gasteiger partial charge on any atom is -0.281 e. The number of nitrogens with zero attached hydrogens (tertiary/aromatic N) is 3. The topological polar surface area (TPSA) is 210 Å². The Kier molecular flexibility index (Phi) is 13.8. The zero-order chi connectivity index (χ0) is 34.3. The number of H-pyrrole nitrogens is 1. The molecule has 0 spiro atoms. The summed E-state index contributed by atoms with van der Waals surface area (Å²) in [6.45, 7) is 13.9. The summed E-state index contributed by atoms with van der Waals surface area (Å²) in [5, 5.41) is 19.7. The molecule has 0 saturated heterocycles. The molecule has 45 heavy (non-hydrogen) atoms. The Morgan fingerprint density at radius 1 is 0.867 bits per heavy atom. The molecule has 2 aromatic heterocycles. The smallest absolute Gasteiger partial charge is 0.264 e. The monoisotopic (exact) mass is 694 g/mol. The number of sulfonamides is 2. The second-order valence-electron chi connectivity index (χ2n) is 14.2. The predicted molar refractivity (Wildman–Crippen MR) is 175 cm³/mol. The Bertz CT molecular complexity index is 1560. The molecule has 16 heteroatoms. The van der Waals surface area contributed by atoms with Gasteiger partial charge in [0.05, 0.1) is 12.9 Å². The minimum absolute atomic E-state index is 0.0306. The molecule has 0 radical (unpaired) electrons. The Morgan fingerprint density at radius 3 is 1.73 bits per heavy atom. The fraction of sp³-hybridized carbons (Fsp3) is 0.793. The number of nitrogens with one attached hydrogen (secondary N) is 1. The Labute approximate surface area is 270 Å². The highest BCUT2D eigenvalue weighted by molar-refractivity contribution is 7.89. The van der Waals surface area contributed by atoms with E-state index in [1.54, 1.807) is 11.6 Å². The quantitative estimate of drug-likeness (QED) is 0.225. The first kappa shape index (κ1) is 39.3. The molecule has 4 rings (SSSR count). The lowest BCUT2D eigenvalue weighted by atomic mass is 9.89. The fourth-order valence-corrected chi connectivity index (χ4v) is 7.63. The van der Waals surface area contributed by atoms with Crippen LogP contribution in [0.5, 0.6) is 0 Å². The van der Waals surface area contributed by atoms with Crippen LogP contribution in [-0.2, 0) is 40.9 Å². The van der Waals surface area contributed by atoms with Gasteiger partial charge in [0.25, 0.3) is 30.2 Å². The molecule has 13 nitrogen and oxygen atoms in total. The summed E-state index contributed by atoms with van der Waals surface area (Å²) in [5.41, 5.74) is 2.50. The van der Waals surface area contributed by atoms with Crippen LogP contribution in [0.15, 0.2) is 22.2 Å². The molecule has 2 unspecified atom stereocenters. The van der Waals surface area contributed by atoms with Crippen molar-refractivity contribution in [2.75, 3.05) is 12.9 Å². The maximum atomic E-state index is 11.3. The summed E-state index contributed by atoms with van der Waals surface area (Å²) in [7, 11) is -10.6. The van der Waals surface area contributed by atoms with Crippen molar-refractivity contribution in [2.45, 2.75) is 122 Å². The fourth-order valence-electron chi connectivity index (χ4n) is 6.15. The molecule has 2 heterocycles. The van der Waals surface area contributed by atoms with Gasteiger partial charge in [-0.1, -0.05) is 27.7 Å². The molecule has 0 amide bonds. The van der Waals surface area contributed by atoms with E-state index < -0.39 is 30.2 Å². The largest absolute Gasteiger partial charge is 0.281 e. The van der Waals surface area contributed by atoms with Crippen LogP contribution in [0, 0.1) is 36.5 Å². The SMILES string of the molecule is CC1(C)CCC(CCCOS(C)(=O)=O)C1.Cc1cc(S(N)(=O)=O)n[nH]1.Cc1cc(S(N)(=O)=O)nn1CCCC1CCC(C)(C)C1. The van der Waals surface area contributed by atoms with E-state index in [1.165, 1.54) is 57.1 Å². The van der Waals surface area contributed by atoms with Crippen molar-refractivity contribution in [1.82, 2.24) is 20.0 Å².